The molecule has 0 saturated carbocycles. The van der Waals surface area contributed by atoms with Gasteiger partial charge in [0.1, 0.15) is 0 Å². The van der Waals surface area contributed by atoms with Crippen LogP contribution in [-0.2, 0) is 11.3 Å². The summed E-state index contributed by atoms with van der Waals surface area (Å²) in [5.74, 6) is -0.576. The summed E-state index contributed by atoms with van der Waals surface area (Å²) in [4.78, 5) is 24.0. The average molecular weight is 419 g/mol. The lowest BCUT2D eigenvalue weighted by atomic mass is 10.0. The summed E-state index contributed by atoms with van der Waals surface area (Å²) in [5.41, 5.74) is 5.92. The first kappa shape index (κ1) is 22.0. The van der Waals surface area contributed by atoms with Crippen molar-refractivity contribution in [2.24, 2.45) is 0 Å². The average Bonchev–Trinajstić information content (AvgIpc) is 2.79. The largest absolute Gasteiger partial charge is 0.377 e. The Morgan fingerprint density at radius 3 is 2.26 bits per heavy atom. The first-order valence-electron chi connectivity index (χ1n) is 9.98. The zero-order valence-corrected chi connectivity index (χ0v) is 17.2. The highest BCUT2D eigenvalue weighted by Gasteiger charge is 2.09. The van der Waals surface area contributed by atoms with E-state index in [1.807, 2.05) is 55.5 Å². The fourth-order valence-corrected chi connectivity index (χ4v) is 3.04. The van der Waals surface area contributed by atoms with Crippen LogP contribution in [-0.4, -0.2) is 23.8 Å². The number of hydroxylamine groups is 1. The Bertz CT molecular complexity index is 1020. The Morgan fingerprint density at radius 2 is 1.58 bits per heavy atom. The molecule has 0 heterocycles. The maximum absolute atomic E-state index is 12.4. The molecule has 3 aromatic carbocycles. The molecular formula is C24H25N3O4. The van der Waals surface area contributed by atoms with E-state index >= 15 is 0 Å². The molecule has 0 bridgehead atoms. The summed E-state index contributed by atoms with van der Waals surface area (Å²) in [6.45, 7) is 3.11. The highest BCUT2D eigenvalue weighted by molar-refractivity contribution is 6.00. The van der Waals surface area contributed by atoms with Crippen LogP contribution in [0.25, 0.3) is 11.1 Å². The summed E-state index contributed by atoms with van der Waals surface area (Å²) in [7, 11) is 0. The molecule has 3 aromatic rings. The summed E-state index contributed by atoms with van der Waals surface area (Å²) < 4.78 is 5.67. The van der Waals surface area contributed by atoms with Crippen LogP contribution in [0.4, 0.5) is 16.2 Å². The monoisotopic (exact) mass is 419 g/mol. The highest BCUT2D eigenvalue weighted by Crippen LogP contribution is 2.26. The van der Waals surface area contributed by atoms with Gasteiger partial charge in [0.25, 0.3) is 5.91 Å². The van der Waals surface area contributed by atoms with Gasteiger partial charge in [0.2, 0.25) is 0 Å². The minimum atomic E-state index is -0.576. The second kappa shape index (κ2) is 10.9. The van der Waals surface area contributed by atoms with Crippen molar-refractivity contribution in [2.75, 3.05) is 17.2 Å². The number of hydrogen-bond acceptors (Lipinski definition) is 4. The van der Waals surface area contributed by atoms with Crippen molar-refractivity contribution < 1.29 is 19.5 Å². The van der Waals surface area contributed by atoms with Crippen molar-refractivity contribution in [3.05, 3.63) is 83.9 Å². The third-order valence-corrected chi connectivity index (χ3v) is 4.48. The Labute approximate surface area is 181 Å². The van der Waals surface area contributed by atoms with E-state index in [4.69, 9.17) is 9.94 Å². The second-order valence-electron chi connectivity index (χ2n) is 6.93. The van der Waals surface area contributed by atoms with Crippen LogP contribution in [0.15, 0.2) is 72.8 Å². The number of ether oxygens (including phenoxy) is 1. The molecule has 0 unspecified atom stereocenters. The molecule has 3 rings (SSSR count). The summed E-state index contributed by atoms with van der Waals surface area (Å²) in [5, 5.41) is 14.4. The molecule has 0 fully saturated rings. The normalized spacial score (nSPS) is 10.4. The van der Waals surface area contributed by atoms with Crippen molar-refractivity contribution in [3.63, 3.8) is 0 Å². The molecular weight excluding hydrogens is 394 g/mol. The topological polar surface area (TPSA) is 99.7 Å². The molecule has 0 saturated heterocycles. The van der Waals surface area contributed by atoms with Crippen molar-refractivity contribution in [1.29, 1.82) is 0 Å². The van der Waals surface area contributed by atoms with Crippen LogP contribution in [0.1, 0.15) is 29.3 Å². The predicted molar refractivity (Wildman–Crippen MR) is 120 cm³/mol. The van der Waals surface area contributed by atoms with E-state index < -0.39 is 5.91 Å². The number of nitrogens with one attached hydrogen (secondary N) is 3. The van der Waals surface area contributed by atoms with Gasteiger partial charge in [-0.3, -0.25) is 10.0 Å². The lowest BCUT2D eigenvalue weighted by Crippen LogP contribution is -2.19. The van der Waals surface area contributed by atoms with Crippen LogP contribution >= 0.6 is 0 Å². The second-order valence-corrected chi connectivity index (χ2v) is 6.93. The minimum absolute atomic E-state index is 0.342. The van der Waals surface area contributed by atoms with Crippen LogP contribution in [0.3, 0.4) is 0 Å². The molecule has 3 amide bonds. The number of carbonyl (C=O) groups excluding carboxylic acids is 2. The molecule has 31 heavy (non-hydrogen) atoms. The number of amides is 3. The zero-order chi connectivity index (χ0) is 22.1. The third-order valence-electron chi connectivity index (χ3n) is 4.48. The summed E-state index contributed by atoms with van der Waals surface area (Å²) >= 11 is 0. The van der Waals surface area contributed by atoms with Gasteiger partial charge in [-0.25, -0.2) is 10.3 Å². The molecule has 0 atom stereocenters. The van der Waals surface area contributed by atoms with Gasteiger partial charge in [0.15, 0.2) is 0 Å². The maximum Gasteiger partial charge on any atom is 0.323 e. The Hall–Kier alpha value is -3.68. The number of anilines is 2. The van der Waals surface area contributed by atoms with Gasteiger partial charge >= 0.3 is 6.03 Å². The first-order chi connectivity index (χ1) is 15.1. The SMILES string of the molecule is CCCOCc1cc(NC(=O)Nc2ccccc2)cc(-c2ccc(C(=O)NO)cc2)c1. The molecule has 4 N–H and O–H groups in total. The standard InChI is InChI=1S/C24H25N3O4/c1-2-12-31-16-17-13-20(18-8-10-19(11-9-18)23(28)27-30)15-22(14-17)26-24(29)25-21-6-4-3-5-7-21/h3-11,13-15,30H,2,12,16H2,1H3,(H,27,28)(H2,25,26,29). The molecule has 0 aliphatic rings. The summed E-state index contributed by atoms with van der Waals surface area (Å²) in [6, 6.07) is 21.4. The maximum atomic E-state index is 12.4. The van der Waals surface area contributed by atoms with Gasteiger partial charge in [-0.05, 0) is 65.6 Å². The van der Waals surface area contributed by atoms with Crippen LogP contribution in [0.5, 0.6) is 0 Å². The minimum Gasteiger partial charge on any atom is -0.377 e. The molecule has 7 nitrogen and oxygen atoms in total. The number of carbonyl (C=O) groups is 2. The lowest BCUT2D eigenvalue weighted by molar-refractivity contribution is 0.0706. The van der Waals surface area contributed by atoms with E-state index in [-0.39, 0.29) is 6.03 Å². The predicted octanol–water partition coefficient (Wildman–Crippen LogP) is 5.04. The van der Waals surface area contributed by atoms with Gasteiger partial charge in [-0.15, -0.1) is 0 Å². The van der Waals surface area contributed by atoms with E-state index in [0.717, 1.165) is 23.1 Å². The van der Waals surface area contributed by atoms with Crippen molar-refractivity contribution in [1.82, 2.24) is 5.48 Å². The Kier molecular flexibility index (Phi) is 7.75. The fraction of sp³-hybridized carbons (Fsp3) is 0.167. The van der Waals surface area contributed by atoms with Crippen LogP contribution < -0.4 is 16.1 Å². The van der Waals surface area contributed by atoms with E-state index in [9.17, 15) is 9.59 Å². The molecule has 0 spiro atoms. The smallest absolute Gasteiger partial charge is 0.323 e. The van der Waals surface area contributed by atoms with Crippen molar-refractivity contribution in [3.8, 4) is 11.1 Å². The molecule has 0 radical (unpaired) electrons. The Morgan fingerprint density at radius 1 is 0.871 bits per heavy atom. The van der Waals surface area contributed by atoms with E-state index in [2.05, 4.69) is 10.6 Å². The van der Waals surface area contributed by atoms with Gasteiger partial charge in [-0.1, -0.05) is 37.3 Å². The first-order valence-corrected chi connectivity index (χ1v) is 9.98. The molecule has 7 heteroatoms. The van der Waals surface area contributed by atoms with Gasteiger partial charge in [0.05, 0.1) is 6.61 Å². The lowest BCUT2D eigenvalue weighted by Gasteiger charge is -2.13. The quantitative estimate of drug-likeness (QED) is 0.233. The van der Waals surface area contributed by atoms with E-state index in [1.54, 1.807) is 29.7 Å². The Balaban J connectivity index is 1.83. The van der Waals surface area contributed by atoms with Crippen molar-refractivity contribution in [2.45, 2.75) is 20.0 Å². The number of rotatable bonds is 8. The fourth-order valence-electron chi connectivity index (χ4n) is 3.04. The zero-order valence-electron chi connectivity index (χ0n) is 17.2. The summed E-state index contributed by atoms with van der Waals surface area (Å²) in [6.07, 6.45) is 0.915. The van der Waals surface area contributed by atoms with Gasteiger partial charge < -0.3 is 15.4 Å². The number of hydrogen-bond donors (Lipinski definition) is 4. The van der Waals surface area contributed by atoms with Gasteiger partial charge in [0, 0.05) is 23.5 Å². The third kappa shape index (κ3) is 6.40. The molecule has 0 aliphatic heterocycles. The number of benzene rings is 3. The molecule has 0 aromatic heterocycles. The van der Waals surface area contributed by atoms with Crippen LogP contribution in [0, 0.1) is 0 Å². The number of urea groups is 1. The van der Waals surface area contributed by atoms with Crippen LogP contribution in [0.2, 0.25) is 0 Å². The highest BCUT2D eigenvalue weighted by atomic mass is 16.5. The number of para-hydroxylation sites is 1. The van der Waals surface area contributed by atoms with E-state index in [1.165, 1.54) is 0 Å². The van der Waals surface area contributed by atoms with E-state index in [0.29, 0.717) is 30.2 Å². The van der Waals surface area contributed by atoms with Gasteiger partial charge in [-0.2, -0.15) is 0 Å². The molecule has 160 valence electrons. The van der Waals surface area contributed by atoms with Crippen molar-refractivity contribution >= 4 is 23.3 Å². The molecule has 0 aliphatic carbocycles.